The second-order valence-corrected chi connectivity index (χ2v) is 4.26. The highest BCUT2D eigenvalue weighted by molar-refractivity contribution is 5.42. The van der Waals surface area contributed by atoms with Crippen molar-refractivity contribution in [2.75, 3.05) is 17.3 Å². The normalized spacial score (nSPS) is 15.6. The van der Waals surface area contributed by atoms with E-state index >= 15 is 0 Å². The maximum absolute atomic E-state index is 12.6. The minimum atomic E-state index is -4.51. The topological polar surface area (TPSA) is 75.9 Å². The monoisotopic (exact) mass is 261 g/mol. The first kappa shape index (κ1) is 12.9. The number of alkyl halides is 3. The molecule has 0 saturated heterocycles. The summed E-state index contributed by atoms with van der Waals surface area (Å²) in [6.45, 7) is 0.600. The Hall–Kier alpha value is -1.57. The fraction of sp³-hybridized carbons (Fsp3) is 0.600. The summed E-state index contributed by atoms with van der Waals surface area (Å²) in [5.74, 6) is 5.63. The molecule has 1 saturated carbocycles. The van der Waals surface area contributed by atoms with Crippen molar-refractivity contribution in [3.63, 3.8) is 0 Å². The van der Waals surface area contributed by atoms with E-state index in [-0.39, 0.29) is 11.8 Å². The van der Waals surface area contributed by atoms with Crippen molar-refractivity contribution < 1.29 is 13.2 Å². The van der Waals surface area contributed by atoms with Gasteiger partial charge in [-0.1, -0.05) is 12.8 Å². The highest BCUT2D eigenvalue weighted by Gasteiger charge is 2.33. The van der Waals surface area contributed by atoms with Crippen LogP contribution < -0.4 is 16.6 Å². The number of nitrogen functional groups attached to an aromatic ring is 1. The van der Waals surface area contributed by atoms with Crippen LogP contribution in [0.25, 0.3) is 0 Å². The largest absolute Gasteiger partial charge is 0.433 e. The minimum Gasteiger partial charge on any atom is -0.370 e. The van der Waals surface area contributed by atoms with Crippen molar-refractivity contribution in [3.05, 3.63) is 11.8 Å². The molecule has 8 heteroatoms. The molecule has 0 unspecified atom stereocenters. The molecule has 1 heterocycles. The average molecular weight is 261 g/mol. The van der Waals surface area contributed by atoms with Gasteiger partial charge in [-0.2, -0.15) is 18.2 Å². The van der Waals surface area contributed by atoms with Crippen molar-refractivity contribution in [2.24, 2.45) is 11.8 Å². The molecule has 2 rings (SSSR count). The average Bonchev–Trinajstić information content (AvgIpc) is 3.11. The molecule has 1 aliphatic rings. The summed E-state index contributed by atoms with van der Waals surface area (Å²) in [5.41, 5.74) is 1.01. The zero-order valence-electron chi connectivity index (χ0n) is 9.59. The van der Waals surface area contributed by atoms with Crippen LogP contribution in [0.1, 0.15) is 25.0 Å². The number of nitrogens with two attached hydrogens (primary N) is 1. The number of nitrogens with zero attached hydrogens (tertiary/aromatic N) is 2. The first-order chi connectivity index (χ1) is 8.49. The number of hydrogen-bond acceptors (Lipinski definition) is 5. The van der Waals surface area contributed by atoms with E-state index in [4.69, 9.17) is 5.84 Å². The predicted octanol–water partition coefficient (Wildman–Crippen LogP) is 1.99. The molecule has 0 radical (unpaired) electrons. The van der Waals surface area contributed by atoms with Gasteiger partial charge in [0.15, 0.2) is 5.69 Å². The van der Waals surface area contributed by atoms with Gasteiger partial charge in [-0.25, -0.2) is 10.8 Å². The zero-order valence-corrected chi connectivity index (χ0v) is 9.59. The number of aromatic nitrogens is 2. The van der Waals surface area contributed by atoms with Gasteiger partial charge in [0, 0.05) is 12.6 Å². The molecule has 100 valence electrons. The molecule has 4 N–H and O–H groups in total. The molecule has 1 aliphatic carbocycles. The van der Waals surface area contributed by atoms with E-state index in [0.29, 0.717) is 12.5 Å². The van der Waals surface area contributed by atoms with Gasteiger partial charge < -0.3 is 5.32 Å². The summed E-state index contributed by atoms with van der Waals surface area (Å²) in [5, 5.41) is 2.86. The van der Waals surface area contributed by atoms with Gasteiger partial charge in [-0.3, -0.25) is 5.43 Å². The number of rotatable bonds is 5. The Morgan fingerprint density at radius 1 is 1.33 bits per heavy atom. The Morgan fingerprint density at radius 3 is 2.61 bits per heavy atom. The smallest absolute Gasteiger partial charge is 0.370 e. The zero-order chi connectivity index (χ0) is 13.2. The van der Waals surface area contributed by atoms with Crippen LogP contribution in [0.4, 0.5) is 24.9 Å². The van der Waals surface area contributed by atoms with Crippen LogP contribution in [0, 0.1) is 5.92 Å². The Morgan fingerprint density at radius 2 is 2.06 bits per heavy atom. The molecule has 1 aromatic heterocycles. The van der Waals surface area contributed by atoms with Gasteiger partial charge in [0.05, 0.1) is 0 Å². The highest BCUT2D eigenvalue weighted by atomic mass is 19.4. The lowest BCUT2D eigenvalue weighted by Crippen LogP contribution is -2.17. The molecule has 0 aromatic carbocycles. The van der Waals surface area contributed by atoms with Gasteiger partial charge in [-0.05, 0) is 12.3 Å². The molecule has 0 bridgehead atoms. The number of hydrazine groups is 1. The number of hydrogen-bond donors (Lipinski definition) is 3. The van der Waals surface area contributed by atoms with Crippen LogP contribution in [0.3, 0.4) is 0 Å². The molecular formula is C10H14F3N5. The Balaban J connectivity index is 2.07. The van der Waals surface area contributed by atoms with Crippen molar-refractivity contribution >= 4 is 11.8 Å². The summed E-state index contributed by atoms with van der Waals surface area (Å²) < 4.78 is 37.7. The number of nitrogens with one attached hydrogen (secondary N) is 2. The summed E-state index contributed by atoms with van der Waals surface area (Å²) in [7, 11) is 0. The summed E-state index contributed by atoms with van der Waals surface area (Å²) in [6, 6.07) is 0.883. The summed E-state index contributed by atoms with van der Waals surface area (Å²) >= 11 is 0. The van der Waals surface area contributed by atoms with Gasteiger partial charge >= 0.3 is 6.18 Å². The summed E-state index contributed by atoms with van der Waals surface area (Å²) in [4.78, 5) is 7.09. The lowest BCUT2D eigenvalue weighted by molar-refractivity contribution is -0.141. The van der Waals surface area contributed by atoms with Gasteiger partial charge in [0.2, 0.25) is 5.95 Å². The molecule has 0 amide bonds. The molecular weight excluding hydrogens is 247 g/mol. The third-order valence-corrected chi connectivity index (χ3v) is 2.70. The van der Waals surface area contributed by atoms with Crippen LogP contribution in [0.2, 0.25) is 0 Å². The van der Waals surface area contributed by atoms with Gasteiger partial charge in [0.1, 0.15) is 5.82 Å². The molecule has 0 aliphatic heterocycles. The van der Waals surface area contributed by atoms with Gasteiger partial charge in [-0.15, -0.1) is 0 Å². The number of halogens is 3. The molecule has 1 aromatic rings. The highest BCUT2D eigenvalue weighted by Crippen LogP contribution is 2.32. The third-order valence-electron chi connectivity index (χ3n) is 2.70. The van der Waals surface area contributed by atoms with Crippen molar-refractivity contribution in [2.45, 2.75) is 25.4 Å². The Bertz CT molecular complexity index is 416. The van der Waals surface area contributed by atoms with E-state index < -0.39 is 11.9 Å². The quantitative estimate of drug-likeness (QED) is 0.558. The lowest BCUT2D eigenvalue weighted by atomic mass is 10.3. The van der Waals surface area contributed by atoms with E-state index in [0.717, 1.165) is 12.5 Å². The van der Waals surface area contributed by atoms with Crippen molar-refractivity contribution in [1.82, 2.24) is 9.97 Å². The van der Waals surface area contributed by atoms with Crippen LogP contribution >= 0.6 is 0 Å². The SMILES string of the molecule is NNc1nc(NCCC2CC2)cc(C(F)(F)F)n1. The molecule has 0 atom stereocenters. The van der Waals surface area contributed by atoms with Crippen molar-refractivity contribution in [1.29, 1.82) is 0 Å². The maximum atomic E-state index is 12.6. The fourth-order valence-corrected chi connectivity index (χ4v) is 1.56. The van der Waals surface area contributed by atoms with Gasteiger partial charge in [0.25, 0.3) is 0 Å². The molecule has 0 spiro atoms. The lowest BCUT2D eigenvalue weighted by Gasteiger charge is -2.11. The summed E-state index contributed by atoms with van der Waals surface area (Å²) in [6.07, 6.45) is -1.16. The fourth-order valence-electron chi connectivity index (χ4n) is 1.56. The molecule has 18 heavy (non-hydrogen) atoms. The third kappa shape index (κ3) is 3.46. The second-order valence-electron chi connectivity index (χ2n) is 4.26. The maximum Gasteiger partial charge on any atom is 0.433 e. The molecule has 5 nitrogen and oxygen atoms in total. The van der Waals surface area contributed by atoms with E-state index in [1.807, 2.05) is 5.43 Å². The van der Waals surface area contributed by atoms with E-state index in [1.165, 1.54) is 12.8 Å². The van der Waals surface area contributed by atoms with E-state index in [2.05, 4.69) is 15.3 Å². The Labute approximate surface area is 102 Å². The van der Waals surface area contributed by atoms with Crippen LogP contribution in [-0.2, 0) is 6.18 Å². The first-order valence-electron chi connectivity index (χ1n) is 5.66. The van der Waals surface area contributed by atoms with Crippen molar-refractivity contribution in [3.8, 4) is 0 Å². The van der Waals surface area contributed by atoms with E-state index in [1.54, 1.807) is 0 Å². The van der Waals surface area contributed by atoms with Crippen LogP contribution in [0.15, 0.2) is 6.07 Å². The molecule has 1 fully saturated rings. The van der Waals surface area contributed by atoms with E-state index in [9.17, 15) is 13.2 Å². The first-order valence-corrected chi connectivity index (χ1v) is 5.66. The standard InChI is InChI=1S/C10H14F3N5/c11-10(12,13)7-5-8(17-9(16-7)18-14)15-4-3-6-1-2-6/h5-6H,1-4,14H2,(H2,15,16,17,18). The van der Waals surface area contributed by atoms with Crippen LogP contribution in [-0.4, -0.2) is 16.5 Å². The predicted molar refractivity (Wildman–Crippen MR) is 60.7 cm³/mol. The number of anilines is 2. The second kappa shape index (κ2) is 4.97. The minimum absolute atomic E-state index is 0.130. The Kier molecular flexibility index (Phi) is 3.55. The van der Waals surface area contributed by atoms with Crippen LogP contribution in [0.5, 0.6) is 0 Å².